The second-order valence-corrected chi connectivity index (χ2v) is 4.32. The van der Waals surface area contributed by atoms with Crippen LogP contribution in [-0.4, -0.2) is 9.55 Å². The van der Waals surface area contributed by atoms with Crippen LogP contribution in [-0.2, 0) is 0 Å². The molecule has 0 bridgehead atoms. The second kappa shape index (κ2) is 4.18. The van der Waals surface area contributed by atoms with Crippen molar-refractivity contribution in [3.05, 3.63) is 51.7 Å². The maximum atomic E-state index is 11.8. The molecule has 1 heterocycles. The Hall–Kier alpha value is -1.48. The van der Waals surface area contributed by atoms with E-state index in [9.17, 15) is 4.79 Å². The molecule has 0 aliphatic heterocycles. The molecule has 0 radical (unpaired) electrons. The normalized spacial score (nSPS) is 11.0. The molecule has 2 rings (SSSR count). The first-order chi connectivity index (χ1) is 7.61. The highest BCUT2D eigenvalue weighted by Gasteiger charge is 2.15. The summed E-state index contributed by atoms with van der Waals surface area (Å²) in [6.45, 7) is 3.99. The Morgan fingerprint density at radius 2 is 1.88 bits per heavy atom. The number of nitrogens with one attached hydrogen (secondary N) is 1. The molecular formula is C12H13ClN2O. The van der Waals surface area contributed by atoms with Gasteiger partial charge in [0.2, 0.25) is 0 Å². The molecule has 1 aromatic heterocycles. The van der Waals surface area contributed by atoms with Crippen molar-refractivity contribution in [3.63, 3.8) is 0 Å². The lowest BCUT2D eigenvalue weighted by atomic mass is 10.1. The SMILES string of the molecule is CC(C)c1[nH]c(=O)n(-c2ccccc2)c1Cl. The third kappa shape index (κ3) is 1.78. The van der Waals surface area contributed by atoms with Crippen LogP contribution in [0.1, 0.15) is 25.5 Å². The van der Waals surface area contributed by atoms with Gasteiger partial charge in [-0.25, -0.2) is 4.79 Å². The molecule has 0 aliphatic rings. The van der Waals surface area contributed by atoms with Crippen LogP contribution in [0.15, 0.2) is 35.1 Å². The van der Waals surface area contributed by atoms with E-state index in [1.54, 1.807) is 0 Å². The molecule has 16 heavy (non-hydrogen) atoms. The van der Waals surface area contributed by atoms with Crippen molar-refractivity contribution in [2.45, 2.75) is 19.8 Å². The van der Waals surface area contributed by atoms with E-state index in [4.69, 9.17) is 11.6 Å². The van der Waals surface area contributed by atoms with E-state index in [0.29, 0.717) is 5.15 Å². The molecule has 0 spiro atoms. The highest BCUT2D eigenvalue weighted by atomic mass is 35.5. The number of rotatable bonds is 2. The van der Waals surface area contributed by atoms with Crippen LogP contribution in [0.4, 0.5) is 0 Å². The fourth-order valence-electron chi connectivity index (χ4n) is 1.62. The molecule has 84 valence electrons. The number of benzene rings is 1. The Morgan fingerprint density at radius 1 is 1.25 bits per heavy atom. The second-order valence-electron chi connectivity index (χ2n) is 3.96. The van der Waals surface area contributed by atoms with Gasteiger partial charge in [-0.2, -0.15) is 0 Å². The molecule has 3 nitrogen and oxygen atoms in total. The molecule has 0 saturated carbocycles. The van der Waals surface area contributed by atoms with E-state index in [0.717, 1.165) is 11.4 Å². The minimum absolute atomic E-state index is 0.195. The van der Waals surface area contributed by atoms with Crippen LogP contribution >= 0.6 is 11.6 Å². The van der Waals surface area contributed by atoms with Crippen molar-refractivity contribution in [2.75, 3.05) is 0 Å². The summed E-state index contributed by atoms with van der Waals surface area (Å²) in [6.07, 6.45) is 0. The molecule has 0 amide bonds. The van der Waals surface area contributed by atoms with Gasteiger partial charge in [0.15, 0.2) is 0 Å². The van der Waals surface area contributed by atoms with Gasteiger partial charge < -0.3 is 4.98 Å². The topological polar surface area (TPSA) is 37.8 Å². The molecule has 4 heteroatoms. The fourth-order valence-corrected chi connectivity index (χ4v) is 2.06. The average Bonchev–Trinajstić information content (AvgIpc) is 2.56. The van der Waals surface area contributed by atoms with Crippen molar-refractivity contribution in [3.8, 4) is 5.69 Å². The summed E-state index contributed by atoms with van der Waals surface area (Å²) in [5.74, 6) is 0.199. The number of aromatic nitrogens is 2. The first kappa shape index (κ1) is 11.0. The summed E-state index contributed by atoms with van der Waals surface area (Å²) in [6, 6.07) is 9.36. The number of hydrogen-bond donors (Lipinski definition) is 1. The number of nitrogens with zero attached hydrogens (tertiary/aromatic N) is 1. The minimum Gasteiger partial charge on any atom is -0.308 e. The number of H-pyrrole nitrogens is 1. The van der Waals surface area contributed by atoms with Crippen molar-refractivity contribution in [1.82, 2.24) is 9.55 Å². The van der Waals surface area contributed by atoms with Gasteiger partial charge in [-0.15, -0.1) is 0 Å². The van der Waals surface area contributed by atoms with Gasteiger partial charge >= 0.3 is 5.69 Å². The number of imidazole rings is 1. The maximum absolute atomic E-state index is 11.8. The van der Waals surface area contributed by atoms with Gasteiger partial charge in [0, 0.05) is 0 Å². The molecule has 2 aromatic rings. The van der Waals surface area contributed by atoms with Gasteiger partial charge in [-0.05, 0) is 18.1 Å². The standard InChI is InChI=1S/C12H13ClN2O/c1-8(2)10-11(13)15(12(16)14-10)9-6-4-3-5-7-9/h3-8H,1-2H3,(H,14,16). The summed E-state index contributed by atoms with van der Waals surface area (Å²) in [5, 5.41) is 0.464. The smallest absolute Gasteiger partial charge is 0.308 e. The zero-order valence-corrected chi connectivity index (χ0v) is 9.95. The van der Waals surface area contributed by atoms with Crippen molar-refractivity contribution in [2.24, 2.45) is 0 Å². The summed E-state index contributed by atoms with van der Waals surface area (Å²) >= 11 is 6.19. The lowest BCUT2D eigenvalue weighted by Gasteiger charge is -2.04. The zero-order valence-electron chi connectivity index (χ0n) is 9.20. The van der Waals surface area contributed by atoms with Gasteiger partial charge in [0.25, 0.3) is 0 Å². The van der Waals surface area contributed by atoms with E-state index >= 15 is 0 Å². The van der Waals surface area contributed by atoms with Crippen LogP contribution in [0.2, 0.25) is 5.15 Å². The van der Waals surface area contributed by atoms with Crippen molar-refractivity contribution >= 4 is 11.6 Å². The zero-order chi connectivity index (χ0) is 11.7. The molecule has 0 saturated heterocycles. The minimum atomic E-state index is -0.195. The summed E-state index contributed by atoms with van der Waals surface area (Å²) in [5.41, 5.74) is 1.36. The first-order valence-electron chi connectivity index (χ1n) is 5.17. The molecule has 1 N–H and O–H groups in total. The van der Waals surface area contributed by atoms with Gasteiger partial charge in [0.05, 0.1) is 11.4 Å². The van der Waals surface area contributed by atoms with Crippen molar-refractivity contribution < 1.29 is 0 Å². The molecule has 0 fully saturated rings. The lowest BCUT2D eigenvalue weighted by molar-refractivity contribution is 0.829. The third-order valence-electron chi connectivity index (χ3n) is 2.46. The molecular weight excluding hydrogens is 224 g/mol. The van der Waals surface area contributed by atoms with E-state index in [2.05, 4.69) is 4.98 Å². The van der Waals surface area contributed by atoms with Gasteiger partial charge in [-0.1, -0.05) is 43.6 Å². The molecule has 0 unspecified atom stereocenters. The lowest BCUT2D eigenvalue weighted by Crippen LogP contribution is -2.14. The Labute approximate surface area is 98.7 Å². The maximum Gasteiger partial charge on any atom is 0.331 e. The summed E-state index contributed by atoms with van der Waals surface area (Å²) in [4.78, 5) is 14.6. The average molecular weight is 237 g/mol. The fraction of sp³-hybridized carbons (Fsp3) is 0.250. The van der Waals surface area contributed by atoms with Gasteiger partial charge in [-0.3, -0.25) is 4.57 Å². The predicted molar refractivity (Wildman–Crippen MR) is 65.5 cm³/mol. The third-order valence-corrected chi connectivity index (χ3v) is 2.83. The van der Waals surface area contributed by atoms with E-state index in [-0.39, 0.29) is 11.6 Å². The summed E-state index contributed by atoms with van der Waals surface area (Å²) < 4.78 is 1.48. The number of hydrogen-bond acceptors (Lipinski definition) is 1. The Kier molecular flexibility index (Phi) is 2.88. The first-order valence-corrected chi connectivity index (χ1v) is 5.55. The van der Waals surface area contributed by atoms with Crippen LogP contribution in [0.25, 0.3) is 5.69 Å². The Morgan fingerprint density at radius 3 is 2.38 bits per heavy atom. The largest absolute Gasteiger partial charge is 0.331 e. The van der Waals surface area contributed by atoms with E-state index in [1.165, 1.54) is 4.57 Å². The number of para-hydroxylation sites is 1. The van der Waals surface area contributed by atoms with Crippen LogP contribution in [0.3, 0.4) is 0 Å². The molecule has 0 aliphatic carbocycles. The van der Waals surface area contributed by atoms with Gasteiger partial charge in [0.1, 0.15) is 5.15 Å². The highest BCUT2D eigenvalue weighted by molar-refractivity contribution is 6.30. The summed E-state index contributed by atoms with van der Waals surface area (Å²) in [7, 11) is 0. The number of aromatic amines is 1. The van der Waals surface area contributed by atoms with E-state index in [1.807, 2.05) is 44.2 Å². The number of halogens is 1. The predicted octanol–water partition coefficient (Wildman–Crippen LogP) is 2.94. The quantitative estimate of drug-likeness (QED) is 0.855. The van der Waals surface area contributed by atoms with Crippen LogP contribution < -0.4 is 5.69 Å². The monoisotopic (exact) mass is 236 g/mol. The Bertz CT molecular complexity index is 540. The van der Waals surface area contributed by atoms with Crippen LogP contribution in [0, 0.1) is 0 Å². The van der Waals surface area contributed by atoms with Crippen LogP contribution in [0.5, 0.6) is 0 Å². The van der Waals surface area contributed by atoms with Crippen molar-refractivity contribution in [1.29, 1.82) is 0 Å². The highest BCUT2D eigenvalue weighted by Crippen LogP contribution is 2.23. The Balaban J connectivity index is 2.63. The molecule has 1 aromatic carbocycles. The van der Waals surface area contributed by atoms with E-state index < -0.39 is 0 Å². The molecule has 0 atom stereocenters.